The summed E-state index contributed by atoms with van der Waals surface area (Å²) in [5, 5.41) is 9.25. The molecule has 1 aromatic rings. The molecule has 0 spiro atoms. The predicted octanol–water partition coefficient (Wildman–Crippen LogP) is 3.06. The number of nitrogens with zero attached hydrogens (tertiary/aromatic N) is 1. The third-order valence-corrected chi connectivity index (χ3v) is 2.55. The maximum atomic E-state index is 10.3. The molecule has 0 aromatic heterocycles. The zero-order valence-corrected chi connectivity index (χ0v) is 11.3. The topological polar surface area (TPSA) is 40.5 Å². The van der Waals surface area contributed by atoms with Gasteiger partial charge in [0, 0.05) is 18.0 Å². The van der Waals surface area contributed by atoms with E-state index in [1.165, 1.54) is 5.56 Å². The minimum Gasteiger partial charge on any atom is -0.481 e. The van der Waals surface area contributed by atoms with Crippen molar-refractivity contribution in [3.05, 3.63) is 34.9 Å². The van der Waals surface area contributed by atoms with Crippen LogP contribution in [0.1, 0.15) is 18.4 Å². The molecular weight excluding hydrogens is 261 g/mol. The Kier molecular flexibility index (Phi) is 7.96. The van der Waals surface area contributed by atoms with Crippen LogP contribution in [-0.2, 0) is 11.3 Å². The second-order valence-corrected chi connectivity index (χ2v) is 4.30. The molecule has 1 N–H and O–H groups in total. The van der Waals surface area contributed by atoms with Crippen LogP contribution < -0.4 is 0 Å². The number of aliphatic carboxylic acids is 1. The van der Waals surface area contributed by atoms with E-state index in [9.17, 15) is 4.79 Å². The van der Waals surface area contributed by atoms with Gasteiger partial charge in [-0.2, -0.15) is 0 Å². The number of carboxylic acid groups (broad SMARTS) is 1. The van der Waals surface area contributed by atoms with Gasteiger partial charge in [0.15, 0.2) is 0 Å². The van der Waals surface area contributed by atoms with Crippen LogP contribution in [0.3, 0.4) is 0 Å². The van der Waals surface area contributed by atoms with Gasteiger partial charge < -0.3 is 10.0 Å². The molecule has 0 radical (unpaired) electrons. The summed E-state index contributed by atoms with van der Waals surface area (Å²) in [5.41, 5.74) is 1.18. The zero-order valence-electron chi connectivity index (χ0n) is 9.73. The Morgan fingerprint density at radius 2 is 1.94 bits per heavy atom. The lowest BCUT2D eigenvalue weighted by Crippen LogP contribution is -2.19. The Bertz CT molecular complexity index is 341. The van der Waals surface area contributed by atoms with Gasteiger partial charge in [0.2, 0.25) is 0 Å². The Morgan fingerprint density at radius 1 is 1.35 bits per heavy atom. The summed E-state index contributed by atoms with van der Waals surface area (Å²) in [6.45, 7) is 1.60. The largest absolute Gasteiger partial charge is 0.481 e. The van der Waals surface area contributed by atoms with Crippen molar-refractivity contribution < 1.29 is 9.90 Å². The normalized spacial score (nSPS) is 10.1. The van der Waals surface area contributed by atoms with Crippen LogP contribution in [-0.4, -0.2) is 29.6 Å². The van der Waals surface area contributed by atoms with E-state index in [2.05, 4.69) is 4.90 Å². The second-order valence-electron chi connectivity index (χ2n) is 3.86. The second kappa shape index (κ2) is 8.34. The molecule has 0 atom stereocenters. The van der Waals surface area contributed by atoms with E-state index in [0.717, 1.165) is 18.1 Å². The Labute approximate surface area is 113 Å². The standard InChI is InChI=1S/C12H16ClNO2.ClH/c1-14(8-2-3-12(15)16)9-10-4-6-11(13)7-5-10;/h4-7H,2-3,8-9H2,1H3,(H,15,16);1H. The molecule has 3 nitrogen and oxygen atoms in total. The van der Waals surface area contributed by atoms with Gasteiger partial charge >= 0.3 is 5.97 Å². The number of carboxylic acids is 1. The highest BCUT2D eigenvalue weighted by atomic mass is 35.5. The van der Waals surface area contributed by atoms with Crippen molar-refractivity contribution in [3.8, 4) is 0 Å². The summed E-state index contributed by atoms with van der Waals surface area (Å²) in [6.07, 6.45) is 0.907. The number of hydrogen-bond donors (Lipinski definition) is 1. The van der Waals surface area contributed by atoms with Crippen LogP contribution in [0.4, 0.5) is 0 Å². The van der Waals surface area contributed by atoms with Crippen LogP contribution in [0, 0.1) is 0 Å². The molecule has 1 rings (SSSR count). The quantitative estimate of drug-likeness (QED) is 0.869. The smallest absolute Gasteiger partial charge is 0.303 e. The van der Waals surface area contributed by atoms with Gasteiger partial charge in [0.05, 0.1) is 0 Å². The molecule has 0 amide bonds. The molecule has 0 bridgehead atoms. The molecule has 0 heterocycles. The third-order valence-electron chi connectivity index (χ3n) is 2.30. The van der Waals surface area contributed by atoms with Crippen molar-refractivity contribution in [1.29, 1.82) is 0 Å². The highest BCUT2D eigenvalue weighted by molar-refractivity contribution is 6.30. The van der Waals surface area contributed by atoms with Crippen molar-refractivity contribution >= 4 is 30.0 Å². The minimum atomic E-state index is -0.736. The van der Waals surface area contributed by atoms with Crippen LogP contribution in [0.25, 0.3) is 0 Å². The van der Waals surface area contributed by atoms with Gasteiger partial charge in [-0.15, -0.1) is 12.4 Å². The summed E-state index contributed by atoms with van der Waals surface area (Å²) in [6, 6.07) is 7.69. The highest BCUT2D eigenvalue weighted by Gasteiger charge is 2.02. The lowest BCUT2D eigenvalue weighted by Gasteiger charge is -2.15. The minimum absolute atomic E-state index is 0. The summed E-state index contributed by atoms with van der Waals surface area (Å²) in [7, 11) is 1.98. The molecular formula is C12H17Cl2NO2. The van der Waals surface area contributed by atoms with E-state index >= 15 is 0 Å². The molecule has 5 heteroatoms. The summed E-state index contributed by atoms with van der Waals surface area (Å²) in [4.78, 5) is 12.4. The first-order valence-electron chi connectivity index (χ1n) is 5.22. The summed E-state index contributed by atoms with van der Waals surface area (Å²) < 4.78 is 0. The van der Waals surface area contributed by atoms with Gasteiger partial charge in [-0.05, 0) is 37.7 Å². The molecule has 17 heavy (non-hydrogen) atoms. The number of carbonyl (C=O) groups is 1. The number of rotatable bonds is 6. The molecule has 0 saturated carbocycles. The lowest BCUT2D eigenvalue weighted by molar-refractivity contribution is -0.137. The summed E-state index contributed by atoms with van der Waals surface area (Å²) >= 11 is 5.79. The average molecular weight is 278 g/mol. The fraction of sp³-hybridized carbons (Fsp3) is 0.417. The Morgan fingerprint density at radius 3 is 2.47 bits per heavy atom. The van der Waals surface area contributed by atoms with Crippen LogP contribution in [0.15, 0.2) is 24.3 Å². The number of halogens is 2. The number of hydrogen-bond acceptors (Lipinski definition) is 2. The fourth-order valence-electron chi connectivity index (χ4n) is 1.48. The fourth-order valence-corrected chi connectivity index (χ4v) is 1.61. The first-order chi connectivity index (χ1) is 7.58. The molecule has 1 aromatic carbocycles. The molecule has 0 aliphatic carbocycles. The van der Waals surface area contributed by atoms with E-state index in [4.69, 9.17) is 16.7 Å². The van der Waals surface area contributed by atoms with E-state index in [0.29, 0.717) is 6.42 Å². The first-order valence-corrected chi connectivity index (χ1v) is 5.60. The average Bonchev–Trinajstić information content (AvgIpc) is 2.21. The highest BCUT2D eigenvalue weighted by Crippen LogP contribution is 2.11. The van der Waals surface area contributed by atoms with Crippen molar-refractivity contribution in [3.63, 3.8) is 0 Å². The van der Waals surface area contributed by atoms with Gasteiger partial charge in [0.25, 0.3) is 0 Å². The molecule has 0 unspecified atom stereocenters. The van der Waals surface area contributed by atoms with E-state index in [-0.39, 0.29) is 18.8 Å². The van der Waals surface area contributed by atoms with Gasteiger partial charge in [-0.25, -0.2) is 0 Å². The van der Waals surface area contributed by atoms with E-state index < -0.39 is 5.97 Å². The lowest BCUT2D eigenvalue weighted by atomic mass is 10.2. The third kappa shape index (κ3) is 7.21. The van der Waals surface area contributed by atoms with Crippen LogP contribution >= 0.6 is 24.0 Å². The van der Waals surface area contributed by atoms with Crippen molar-refractivity contribution in [2.24, 2.45) is 0 Å². The molecule has 0 aliphatic rings. The van der Waals surface area contributed by atoms with Crippen molar-refractivity contribution in [2.75, 3.05) is 13.6 Å². The SMILES string of the molecule is CN(CCCC(=O)O)Cc1ccc(Cl)cc1.Cl. The Balaban J connectivity index is 0.00000256. The summed E-state index contributed by atoms with van der Waals surface area (Å²) in [5.74, 6) is -0.736. The maximum Gasteiger partial charge on any atom is 0.303 e. The van der Waals surface area contributed by atoms with Crippen molar-refractivity contribution in [2.45, 2.75) is 19.4 Å². The van der Waals surface area contributed by atoms with E-state index in [1.54, 1.807) is 0 Å². The number of benzene rings is 1. The molecule has 0 aliphatic heterocycles. The maximum absolute atomic E-state index is 10.3. The monoisotopic (exact) mass is 277 g/mol. The van der Waals surface area contributed by atoms with Crippen LogP contribution in [0.5, 0.6) is 0 Å². The van der Waals surface area contributed by atoms with Crippen LogP contribution in [0.2, 0.25) is 5.02 Å². The van der Waals surface area contributed by atoms with E-state index in [1.807, 2.05) is 31.3 Å². The zero-order chi connectivity index (χ0) is 12.0. The van der Waals surface area contributed by atoms with Gasteiger partial charge in [0.1, 0.15) is 0 Å². The molecule has 0 saturated heterocycles. The van der Waals surface area contributed by atoms with Gasteiger partial charge in [-0.1, -0.05) is 23.7 Å². The van der Waals surface area contributed by atoms with Crippen molar-refractivity contribution in [1.82, 2.24) is 4.90 Å². The Hall–Kier alpha value is -0.770. The predicted molar refractivity (Wildman–Crippen MR) is 71.9 cm³/mol. The first kappa shape index (κ1) is 16.2. The molecule has 0 fully saturated rings. The molecule has 96 valence electrons. The van der Waals surface area contributed by atoms with Gasteiger partial charge in [-0.3, -0.25) is 4.79 Å².